The van der Waals surface area contributed by atoms with E-state index in [-0.39, 0.29) is 24.0 Å². The Labute approximate surface area is 171 Å². The van der Waals surface area contributed by atoms with Crippen LogP contribution in [0.4, 0.5) is 4.39 Å². The molecule has 136 valence electrons. The zero-order valence-corrected chi connectivity index (χ0v) is 17.6. The molecule has 1 aliphatic rings. The number of benzene rings is 1. The first-order chi connectivity index (χ1) is 12.2. The molecule has 1 aromatic heterocycles. The van der Waals surface area contributed by atoms with Gasteiger partial charge in [0.1, 0.15) is 21.7 Å². The van der Waals surface area contributed by atoms with Crippen LogP contribution in [0.15, 0.2) is 45.7 Å². The summed E-state index contributed by atoms with van der Waals surface area (Å²) in [5, 5.41) is 0. The van der Waals surface area contributed by atoms with Crippen LogP contribution < -0.4 is 0 Å². The van der Waals surface area contributed by atoms with Crippen LogP contribution in [0.5, 0.6) is 0 Å². The Morgan fingerprint density at radius 1 is 1.23 bits per heavy atom. The normalized spacial score (nSPS) is 16.7. The van der Waals surface area contributed by atoms with Gasteiger partial charge >= 0.3 is 0 Å². The predicted molar refractivity (Wildman–Crippen MR) is 112 cm³/mol. The van der Waals surface area contributed by atoms with E-state index in [1.54, 1.807) is 30.3 Å². The maximum Gasteiger partial charge on any atom is 0.266 e. The Morgan fingerprint density at radius 2 is 1.92 bits per heavy atom. The second-order valence-electron chi connectivity index (χ2n) is 5.29. The molecule has 1 amide bonds. The lowest BCUT2D eigenvalue weighted by molar-refractivity contribution is -0.121. The minimum atomic E-state index is -3.22. The molecule has 0 spiro atoms. The number of carbonyl (C=O) groups is 1. The van der Waals surface area contributed by atoms with Crippen LogP contribution in [0, 0.1) is 5.82 Å². The minimum Gasteiger partial charge on any atom is -0.457 e. The average molecular weight is 523 g/mol. The van der Waals surface area contributed by atoms with Crippen molar-refractivity contribution in [2.75, 3.05) is 12.3 Å². The fraction of sp³-hybridized carbons (Fsp3) is 0.125. The summed E-state index contributed by atoms with van der Waals surface area (Å²) in [5.41, 5.74) is 0.714. The minimum absolute atomic E-state index is 0.0201. The van der Waals surface area contributed by atoms with Crippen LogP contribution in [0.3, 0.4) is 0 Å². The van der Waals surface area contributed by atoms with E-state index in [1.807, 2.05) is 0 Å². The molecule has 1 saturated heterocycles. The van der Waals surface area contributed by atoms with E-state index in [0.717, 1.165) is 11.8 Å². The van der Waals surface area contributed by atoms with Crippen LogP contribution in [-0.4, -0.2) is 35.8 Å². The maximum absolute atomic E-state index is 13.0. The van der Waals surface area contributed by atoms with Gasteiger partial charge in [-0.15, -0.1) is 0 Å². The number of hydrogen-bond acceptors (Lipinski definition) is 6. The molecule has 10 heteroatoms. The predicted octanol–water partition coefficient (Wildman–Crippen LogP) is 4.05. The standard InChI is InChI=1S/C16H11FINO4S3/c17-11-3-1-10(2-4-11)13-6-5-12(23-13)9-14-15(20)19(16(24)25-14)7-8-26(18,21)22/h1-6,9H,7-8H2/b14-9-. The van der Waals surface area contributed by atoms with Gasteiger partial charge in [-0.25, -0.2) is 12.8 Å². The number of halogens is 2. The van der Waals surface area contributed by atoms with Crippen molar-refractivity contribution in [3.8, 4) is 11.3 Å². The third-order valence-corrected chi connectivity index (χ3v) is 6.83. The number of thioether (sulfide) groups is 1. The fourth-order valence-corrected chi connectivity index (χ4v) is 4.50. The van der Waals surface area contributed by atoms with Gasteiger partial charge in [-0.3, -0.25) is 9.69 Å². The number of carbonyl (C=O) groups excluding carboxylic acids is 1. The molecule has 0 aliphatic carbocycles. The van der Waals surface area contributed by atoms with Crippen LogP contribution >= 0.6 is 45.2 Å². The summed E-state index contributed by atoms with van der Waals surface area (Å²) in [4.78, 5) is 14.1. The number of thiocarbonyl (C=S) groups is 1. The van der Waals surface area contributed by atoms with E-state index >= 15 is 0 Å². The quantitative estimate of drug-likeness (QED) is 0.255. The molecule has 0 unspecified atom stereocenters. The van der Waals surface area contributed by atoms with Gasteiger partial charge in [0.15, 0.2) is 0 Å². The Hall–Kier alpha value is -1.24. The van der Waals surface area contributed by atoms with E-state index in [1.165, 1.54) is 38.2 Å². The number of nitrogens with zero attached hydrogens (tertiary/aromatic N) is 1. The summed E-state index contributed by atoms with van der Waals surface area (Å²) in [6.07, 6.45) is 1.56. The number of amides is 1. The fourth-order valence-electron chi connectivity index (χ4n) is 2.22. The number of rotatable bonds is 5. The molecule has 26 heavy (non-hydrogen) atoms. The Balaban J connectivity index is 1.77. The van der Waals surface area contributed by atoms with Crippen LogP contribution in [-0.2, 0) is 11.8 Å². The lowest BCUT2D eigenvalue weighted by Gasteiger charge is -2.12. The van der Waals surface area contributed by atoms with Crippen molar-refractivity contribution in [2.24, 2.45) is 0 Å². The highest BCUT2D eigenvalue weighted by Crippen LogP contribution is 2.33. The van der Waals surface area contributed by atoms with Gasteiger partial charge in [0.05, 0.1) is 31.9 Å². The molecule has 0 bridgehead atoms. The highest BCUT2D eigenvalue weighted by molar-refractivity contribution is 14.2. The summed E-state index contributed by atoms with van der Waals surface area (Å²) < 4.78 is 41.5. The zero-order valence-electron chi connectivity index (χ0n) is 13.0. The molecule has 1 fully saturated rings. The summed E-state index contributed by atoms with van der Waals surface area (Å²) in [6.45, 7) is 0.0201. The molecular formula is C16H11FINO4S3. The lowest BCUT2D eigenvalue weighted by Crippen LogP contribution is -2.32. The second-order valence-corrected chi connectivity index (χ2v) is 12.5. The van der Waals surface area contributed by atoms with Crippen molar-refractivity contribution in [1.29, 1.82) is 0 Å². The van der Waals surface area contributed by atoms with Crippen molar-refractivity contribution < 1.29 is 22.0 Å². The van der Waals surface area contributed by atoms with Gasteiger partial charge in [-0.2, -0.15) is 0 Å². The molecule has 5 nitrogen and oxygen atoms in total. The zero-order chi connectivity index (χ0) is 18.9. The number of hydrogen-bond donors (Lipinski definition) is 0. The first-order valence-corrected chi connectivity index (χ1v) is 12.7. The lowest BCUT2D eigenvalue weighted by atomic mass is 10.2. The van der Waals surface area contributed by atoms with Crippen LogP contribution in [0.1, 0.15) is 5.76 Å². The van der Waals surface area contributed by atoms with Crippen molar-refractivity contribution in [3.05, 3.63) is 52.9 Å². The van der Waals surface area contributed by atoms with E-state index in [0.29, 0.717) is 26.3 Å². The SMILES string of the molecule is O=C1/C(=C/c2ccc(-c3ccc(F)cc3)o2)SC(=S)N1CCS(=O)(=O)I. The highest BCUT2D eigenvalue weighted by Gasteiger charge is 2.32. The van der Waals surface area contributed by atoms with Crippen molar-refractivity contribution in [2.45, 2.75) is 0 Å². The van der Waals surface area contributed by atoms with Gasteiger partial charge < -0.3 is 4.42 Å². The maximum atomic E-state index is 13.0. The second kappa shape index (κ2) is 7.79. The molecule has 0 radical (unpaired) electrons. The van der Waals surface area contributed by atoms with Crippen LogP contribution in [0.25, 0.3) is 17.4 Å². The molecular weight excluding hydrogens is 512 g/mol. The van der Waals surface area contributed by atoms with Crippen molar-refractivity contribution in [1.82, 2.24) is 4.90 Å². The average Bonchev–Trinajstić information content (AvgIpc) is 3.12. The van der Waals surface area contributed by atoms with E-state index < -0.39 is 7.01 Å². The first-order valence-electron chi connectivity index (χ1n) is 7.26. The third-order valence-electron chi connectivity index (χ3n) is 3.46. The molecule has 3 rings (SSSR count). The largest absolute Gasteiger partial charge is 0.457 e. The third kappa shape index (κ3) is 4.72. The topological polar surface area (TPSA) is 67.6 Å². The van der Waals surface area contributed by atoms with Crippen molar-refractivity contribution in [3.63, 3.8) is 0 Å². The summed E-state index contributed by atoms with van der Waals surface area (Å²) >= 11 is 7.60. The molecule has 0 atom stereocenters. The van der Waals surface area contributed by atoms with E-state index in [2.05, 4.69) is 0 Å². The van der Waals surface area contributed by atoms with Crippen LogP contribution in [0.2, 0.25) is 0 Å². The van der Waals surface area contributed by atoms with Gasteiger partial charge in [-0.1, -0.05) is 24.0 Å². The molecule has 0 N–H and O–H groups in total. The van der Waals surface area contributed by atoms with Gasteiger partial charge in [0.2, 0.25) is 7.01 Å². The highest BCUT2D eigenvalue weighted by atomic mass is 127. The Morgan fingerprint density at radius 3 is 2.58 bits per heavy atom. The molecule has 1 aromatic carbocycles. The summed E-state index contributed by atoms with van der Waals surface area (Å²) in [6, 6.07) is 9.29. The van der Waals surface area contributed by atoms with E-state index in [4.69, 9.17) is 16.6 Å². The Bertz CT molecular complexity index is 999. The number of furan rings is 1. The molecule has 0 saturated carbocycles. The first kappa shape index (κ1) is 19.5. The molecule has 1 aliphatic heterocycles. The molecule has 2 aromatic rings. The van der Waals surface area contributed by atoms with Gasteiger partial charge in [0, 0.05) is 18.2 Å². The smallest absolute Gasteiger partial charge is 0.266 e. The van der Waals surface area contributed by atoms with Gasteiger partial charge in [-0.05, 0) is 36.4 Å². The van der Waals surface area contributed by atoms with E-state index in [9.17, 15) is 17.6 Å². The summed E-state index contributed by atoms with van der Waals surface area (Å²) in [5.74, 6) is 0.148. The van der Waals surface area contributed by atoms with Crippen molar-refractivity contribution >= 4 is 68.5 Å². The summed E-state index contributed by atoms with van der Waals surface area (Å²) in [7, 11) is -3.22. The monoisotopic (exact) mass is 523 g/mol. The van der Waals surface area contributed by atoms with Gasteiger partial charge in [0.25, 0.3) is 5.91 Å². The Kier molecular flexibility index (Phi) is 5.85. The molecule has 2 heterocycles.